The number of phenolic OH excluding ortho intramolecular Hbond substituents is 1. The maximum absolute atomic E-state index is 11.8. The van der Waals surface area contributed by atoms with Crippen LogP contribution in [0.3, 0.4) is 0 Å². The van der Waals surface area contributed by atoms with Crippen LogP contribution in [0.4, 0.5) is 0 Å². The van der Waals surface area contributed by atoms with Gasteiger partial charge in [-0.15, -0.1) is 0 Å². The van der Waals surface area contributed by atoms with Gasteiger partial charge in [-0.2, -0.15) is 8.42 Å². The van der Waals surface area contributed by atoms with Crippen molar-refractivity contribution >= 4 is 58.0 Å². The molecule has 0 aliphatic rings. The summed E-state index contributed by atoms with van der Waals surface area (Å²) in [4.78, 5) is -0.431. The van der Waals surface area contributed by atoms with Crippen molar-refractivity contribution in [1.82, 2.24) is 0 Å². The SMILES string of the molecule is CCCCCCCc1cc(S(=O)(=O)O)ccc1Oc1ccccc1O.CCCCCCCc1cc(S(=O)(=O)[O-])ccc1Oc1ccccc1[O-].[Ca+2]. The number of unbranched alkanes of at least 4 members (excludes halogenated alkanes) is 8. The van der Waals surface area contributed by atoms with Crippen LogP contribution in [0.5, 0.6) is 34.5 Å². The summed E-state index contributed by atoms with van der Waals surface area (Å²) in [6.07, 6.45) is 11.9. The van der Waals surface area contributed by atoms with Gasteiger partial charge in [-0.3, -0.25) is 4.55 Å². The summed E-state index contributed by atoms with van der Waals surface area (Å²) in [6.45, 7) is 4.28. The average molecular weight is 767 g/mol. The zero-order valence-electron chi connectivity index (χ0n) is 29.3. The fourth-order valence-corrected chi connectivity index (χ4v) is 6.22. The summed E-state index contributed by atoms with van der Waals surface area (Å²) in [6, 6.07) is 21.1. The molecule has 0 bridgehead atoms. The summed E-state index contributed by atoms with van der Waals surface area (Å²) in [7, 11) is -8.80. The summed E-state index contributed by atoms with van der Waals surface area (Å²) in [5.41, 5.74) is 1.31. The van der Waals surface area contributed by atoms with Crippen molar-refractivity contribution in [2.45, 2.75) is 101 Å². The molecule has 4 aromatic carbocycles. The van der Waals surface area contributed by atoms with E-state index in [1.165, 1.54) is 55.0 Å². The van der Waals surface area contributed by atoms with Gasteiger partial charge >= 0.3 is 37.7 Å². The Kier molecular flexibility index (Phi) is 19.4. The van der Waals surface area contributed by atoms with Crippen LogP contribution >= 0.6 is 0 Å². The fourth-order valence-electron chi connectivity index (χ4n) is 5.17. The molecule has 0 saturated heterocycles. The molecule has 10 nitrogen and oxygen atoms in total. The van der Waals surface area contributed by atoms with Crippen molar-refractivity contribution < 1.29 is 45.6 Å². The molecule has 0 aliphatic carbocycles. The van der Waals surface area contributed by atoms with Gasteiger partial charge in [-0.05, 0) is 91.4 Å². The molecular weight excluding hydrogens is 721 g/mol. The summed E-state index contributed by atoms with van der Waals surface area (Å²) < 4.78 is 77.3. The first kappa shape index (κ1) is 44.3. The molecule has 0 fully saturated rings. The minimum absolute atomic E-state index is 0. The molecule has 0 atom stereocenters. The van der Waals surface area contributed by atoms with E-state index >= 15 is 0 Å². The zero-order chi connectivity index (χ0) is 36.6. The van der Waals surface area contributed by atoms with Crippen LogP contribution in [0.15, 0.2) is 94.7 Å². The van der Waals surface area contributed by atoms with E-state index in [9.17, 15) is 36.2 Å². The first-order valence-electron chi connectivity index (χ1n) is 16.9. The number of hydrogen-bond acceptors (Lipinski definition) is 9. The Labute approximate surface area is 332 Å². The van der Waals surface area contributed by atoms with E-state index in [0.29, 0.717) is 41.2 Å². The number of rotatable bonds is 18. The van der Waals surface area contributed by atoms with Crippen LogP contribution in [0, 0.1) is 0 Å². The van der Waals surface area contributed by atoms with Gasteiger partial charge in [0.25, 0.3) is 10.1 Å². The Balaban J connectivity index is 0.000000347. The van der Waals surface area contributed by atoms with E-state index in [4.69, 9.17) is 9.47 Å². The van der Waals surface area contributed by atoms with Gasteiger partial charge in [0.1, 0.15) is 27.4 Å². The Hall–Kier alpha value is -2.84. The van der Waals surface area contributed by atoms with Gasteiger partial charge in [-0.1, -0.05) is 101 Å². The van der Waals surface area contributed by atoms with Crippen molar-refractivity contribution in [2.24, 2.45) is 0 Å². The fraction of sp³-hybridized carbons (Fsp3) is 0.368. The van der Waals surface area contributed by atoms with Crippen molar-refractivity contribution in [2.75, 3.05) is 0 Å². The number of hydrogen-bond donors (Lipinski definition) is 2. The molecule has 0 spiro atoms. The van der Waals surface area contributed by atoms with Gasteiger partial charge in [-0.25, -0.2) is 8.42 Å². The van der Waals surface area contributed by atoms with Crippen LogP contribution in [0.2, 0.25) is 0 Å². The summed E-state index contributed by atoms with van der Waals surface area (Å²) in [5, 5.41) is 21.7. The number of benzene rings is 4. The summed E-state index contributed by atoms with van der Waals surface area (Å²) in [5.74, 6) is 1.12. The van der Waals surface area contributed by atoms with E-state index in [0.717, 1.165) is 57.8 Å². The Morgan fingerprint density at radius 2 is 1.04 bits per heavy atom. The third kappa shape index (κ3) is 15.3. The Morgan fingerprint density at radius 1 is 0.588 bits per heavy atom. The minimum Gasteiger partial charge on any atom is -0.870 e. The molecule has 4 rings (SSSR count). The largest absolute Gasteiger partial charge is 2.00 e. The van der Waals surface area contributed by atoms with Crippen LogP contribution in [0.25, 0.3) is 0 Å². The van der Waals surface area contributed by atoms with Crippen LogP contribution in [-0.2, 0) is 33.1 Å². The minimum atomic E-state index is -4.53. The molecule has 0 saturated carbocycles. The second-order valence-electron chi connectivity index (χ2n) is 11.9. The van der Waals surface area contributed by atoms with E-state index in [1.807, 2.05) is 0 Å². The predicted molar refractivity (Wildman–Crippen MR) is 195 cm³/mol. The number of aryl methyl sites for hydroxylation is 2. The normalized spacial score (nSPS) is 11.2. The molecule has 272 valence electrons. The number of para-hydroxylation sites is 4. The average Bonchev–Trinajstić information content (AvgIpc) is 3.07. The van der Waals surface area contributed by atoms with Crippen LogP contribution in [0.1, 0.15) is 89.2 Å². The smallest absolute Gasteiger partial charge is 0.870 e. The number of aromatic hydroxyl groups is 1. The predicted octanol–water partition coefficient (Wildman–Crippen LogP) is 8.53. The maximum Gasteiger partial charge on any atom is 2.00 e. The third-order valence-corrected chi connectivity index (χ3v) is 9.58. The molecule has 0 unspecified atom stereocenters. The second kappa shape index (κ2) is 22.3. The van der Waals surface area contributed by atoms with Gasteiger partial charge < -0.3 is 24.2 Å². The van der Waals surface area contributed by atoms with Gasteiger partial charge in [0.2, 0.25) is 0 Å². The van der Waals surface area contributed by atoms with E-state index in [-0.39, 0.29) is 64.8 Å². The standard InChI is InChI=1S/2C19H24O5S.Ca/c2*1-2-3-4-5-6-9-15-14-16(25(21,22)23)12-13-18(15)24-19-11-8-7-10-17(19)20;/h2*7-8,10-14,20H,2-6,9H2,1H3,(H,21,22,23);/q;;+2/p-2. The molecular formula is C38H46CaO10S2. The quantitative estimate of drug-likeness (QED) is 0.0568. The second-order valence-corrected chi connectivity index (χ2v) is 14.7. The Morgan fingerprint density at radius 3 is 1.53 bits per heavy atom. The van der Waals surface area contributed by atoms with Crippen molar-refractivity contribution in [1.29, 1.82) is 0 Å². The van der Waals surface area contributed by atoms with E-state index in [1.54, 1.807) is 36.4 Å². The molecule has 13 heteroatoms. The van der Waals surface area contributed by atoms with Gasteiger partial charge in [0.05, 0.1) is 9.79 Å². The third-order valence-electron chi connectivity index (χ3n) is 7.90. The van der Waals surface area contributed by atoms with Gasteiger partial charge in [0.15, 0.2) is 11.5 Å². The topological polar surface area (TPSA) is 173 Å². The molecule has 4 aromatic rings. The van der Waals surface area contributed by atoms with Crippen LogP contribution in [-0.4, -0.2) is 68.8 Å². The molecule has 2 N–H and O–H groups in total. The van der Waals surface area contributed by atoms with Crippen molar-refractivity contribution in [3.05, 3.63) is 96.1 Å². The molecule has 0 radical (unpaired) electrons. The Bertz CT molecular complexity index is 1740. The molecule has 0 aliphatic heterocycles. The first-order chi connectivity index (χ1) is 23.8. The number of ether oxygens (including phenoxy) is 2. The summed E-state index contributed by atoms with van der Waals surface area (Å²) >= 11 is 0. The van der Waals surface area contributed by atoms with E-state index in [2.05, 4.69) is 13.8 Å². The zero-order valence-corrected chi connectivity index (χ0v) is 33.1. The monoisotopic (exact) mass is 766 g/mol. The molecule has 0 heterocycles. The molecule has 0 aromatic heterocycles. The van der Waals surface area contributed by atoms with Gasteiger partial charge in [0, 0.05) is 0 Å². The molecule has 0 amide bonds. The van der Waals surface area contributed by atoms with Crippen molar-refractivity contribution in [3.63, 3.8) is 0 Å². The maximum atomic E-state index is 11.8. The molecule has 51 heavy (non-hydrogen) atoms. The number of phenols is 1. The first-order valence-corrected chi connectivity index (χ1v) is 19.8. The van der Waals surface area contributed by atoms with Crippen LogP contribution < -0.4 is 14.6 Å². The van der Waals surface area contributed by atoms with E-state index < -0.39 is 20.2 Å². The van der Waals surface area contributed by atoms with Crippen molar-refractivity contribution in [3.8, 4) is 34.5 Å².